The highest BCUT2D eigenvalue weighted by Crippen LogP contribution is 2.32. The molecule has 1 heterocycles. The fraction of sp³-hybridized carbons (Fsp3) is 0.211. The third-order valence-electron chi connectivity index (χ3n) is 3.64. The van der Waals surface area contributed by atoms with Crippen molar-refractivity contribution in [2.45, 2.75) is 18.3 Å². The van der Waals surface area contributed by atoms with Crippen LogP contribution in [0.1, 0.15) is 16.8 Å². The molecular formula is C19H16F3NS2. The molecule has 130 valence electrons. The Morgan fingerprint density at radius 1 is 0.960 bits per heavy atom. The first-order valence-electron chi connectivity index (χ1n) is 7.76. The van der Waals surface area contributed by atoms with Gasteiger partial charge >= 0.3 is 6.18 Å². The van der Waals surface area contributed by atoms with Crippen LogP contribution in [0.25, 0.3) is 10.6 Å². The number of thiazole rings is 1. The number of aromatic nitrogens is 1. The number of aryl methyl sites for hydroxylation is 1. The topological polar surface area (TPSA) is 12.9 Å². The van der Waals surface area contributed by atoms with Crippen LogP contribution in [-0.2, 0) is 18.3 Å². The molecule has 1 nitrogen and oxygen atoms in total. The van der Waals surface area contributed by atoms with Gasteiger partial charge in [-0.25, -0.2) is 4.98 Å². The molecule has 3 rings (SSSR count). The van der Waals surface area contributed by atoms with Gasteiger partial charge in [-0.1, -0.05) is 42.5 Å². The largest absolute Gasteiger partial charge is 0.416 e. The zero-order valence-electron chi connectivity index (χ0n) is 13.3. The number of rotatable bonds is 6. The molecule has 2 aromatic carbocycles. The fourth-order valence-electron chi connectivity index (χ4n) is 2.32. The van der Waals surface area contributed by atoms with Gasteiger partial charge < -0.3 is 0 Å². The van der Waals surface area contributed by atoms with E-state index in [1.54, 1.807) is 0 Å². The summed E-state index contributed by atoms with van der Waals surface area (Å²) in [6.45, 7) is 0. The number of nitrogens with zero attached hydrogens (tertiary/aromatic N) is 1. The normalized spacial score (nSPS) is 11.6. The van der Waals surface area contributed by atoms with Crippen LogP contribution in [0.3, 0.4) is 0 Å². The molecule has 0 aliphatic rings. The average Bonchev–Trinajstić information content (AvgIpc) is 3.08. The highest BCUT2D eigenvalue weighted by atomic mass is 32.2. The first-order valence-corrected chi connectivity index (χ1v) is 9.79. The van der Waals surface area contributed by atoms with Crippen molar-refractivity contribution in [2.24, 2.45) is 0 Å². The van der Waals surface area contributed by atoms with E-state index in [2.05, 4.69) is 17.1 Å². The van der Waals surface area contributed by atoms with E-state index in [1.165, 1.54) is 29.0 Å². The first kappa shape index (κ1) is 18.0. The van der Waals surface area contributed by atoms with Crippen molar-refractivity contribution in [2.75, 3.05) is 5.75 Å². The molecule has 0 radical (unpaired) electrons. The minimum Gasteiger partial charge on any atom is -0.240 e. The lowest BCUT2D eigenvalue weighted by atomic mass is 10.1. The molecule has 0 fully saturated rings. The Balaban J connectivity index is 1.53. The summed E-state index contributed by atoms with van der Waals surface area (Å²) in [5, 5.41) is 2.73. The van der Waals surface area contributed by atoms with Crippen LogP contribution in [0.15, 0.2) is 60.0 Å². The number of benzene rings is 2. The molecule has 0 N–H and O–H groups in total. The van der Waals surface area contributed by atoms with E-state index in [0.29, 0.717) is 0 Å². The lowest BCUT2D eigenvalue weighted by Gasteiger charge is -2.06. The predicted molar refractivity (Wildman–Crippen MR) is 98.9 cm³/mol. The van der Waals surface area contributed by atoms with Crippen LogP contribution in [0.5, 0.6) is 0 Å². The van der Waals surface area contributed by atoms with Gasteiger partial charge in [-0.3, -0.25) is 0 Å². The summed E-state index contributed by atoms with van der Waals surface area (Å²) in [7, 11) is 0. The second-order valence-corrected chi connectivity index (χ2v) is 7.47. The van der Waals surface area contributed by atoms with E-state index >= 15 is 0 Å². The first-order chi connectivity index (χ1) is 12.0. The van der Waals surface area contributed by atoms with Crippen LogP contribution < -0.4 is 0 Å². The number of alkyl halides is 3. The predicted octanol–water partition coefficient (Wildman–Crippen LogP) is 6.30. The van der Waals surface area contributed by atoms with Crippen molar-refractivity contribution in [1.82, 2.24) is 4.98 Å². The van der Waals surface area contributed by atoms with E-state index in [1.807, 2.05) is 35.3 Å². The molecule has 25 heavy (non-hydrogen) atoms. The van der Waals surface area contributed by atoms with Crippen molar-refractivity contribution < 1.29 is 13.2 Å². The molecule has 1 aromatic heterocycles. The third-order valence-corrected chi connectivity index (χ3v) is 5.57. The summed E-state index contributed by atoms with van der Waals surface area (Å²) in [5.74, 6) is 1.82. The van der Waals surface area contributed by atoms with E-state index in [-0.39, 0.29) is 0 Å². The molecular weight excluding hydrogens is 363 g/mol. The van der Waals surface area contributed by atoms with Crippen LogP contribution >= 0.6 is 23.1 Å². The lowest BCUT2D eigenvalue weighted by molar-refractivity contribution is -0.137. The fourth-order valence-corrected chi connectivity index (χ4v) is 4.13. The smallest absolute Gasteiger partial charge is 0.240 e. The number of hydrogen-bond donors (Lipinski definition) is 0. The van der Waals surface area contributed by atoms with Gasteiger partial charge in [-0.05, 0) is 29.9 Å². The van der Waals surface area contributed by atoms with Crippen molar-refractivity contribution in [3.63, 3.8) is 0 Å². The summed E-state index contributed by atoms with van der Waals surface area (Å²) in [5.41, 5.74) is 2.37. The Labute approximate surface area is 152 Å². The molecule has 0 saturated carbocycles. The van der Waals surface area contributed by atoms with Gasteiger partial charge in [0.15, 0.2) is 0 Å². The van der Waals surface area contributed by atoms with Crippen LogP contribution in [0.2, 0.25) is 0 Å². The lowest BCUT2D eigenvalue weighted by Crippen LogP contribution is -2.03. The molecule has 0 aliphatic heterocycles. The van der Waals surface area contributed by atoms with Gasteiger partial charge in [0, 0.05) is 16.7 Å². The Bertz CT molecular complexity index is 796. The zero-order chi connectivity index (χ0) is 17.7. The van der Waals surface area contributed by atoms with Crippen LogP contribution in [0, 0.1) is 0 Å². The zero-order valence-corrected chi connectivity index (χ0v) is 14.9. The molecule has 0 unspecified atom stereocenters. The Morgan fingerprint density at radius 2 is 1.68 bits per heavy atom. The van der Waals surface area contributed by atoms with E-state index < -0.39 is 11.7 Å². The minimum atomic E-state index is -4.30. The maximum Gasteiger partial charge on any atom is 0.416 e. The van der Waals surface area contributed by atoms with Gasteiger partial charge in [0.05, 0.1) is 11.3 Å². The number of thioether (sulfide) groups is 1. The number of halogens is 3. The monoisotopic (exact) mass is 379 g/mol. The molecule has 0 aliphatic carbocycles. The van der Waals surface area contributed by atoms with Gasteiger partial charge in [-0.2, -0.15) is 24.9 Å². The maximum atomic E-state index is 12.6. The summed E-state index contributed by atoms with van der Waals surface area (Å²) in [6.07, 6.45) is -3.29. The number of hydrogen-bond acceptors (Lipinski definition) is 3. The summed E-state index contributed by atoms with van der Waals surface area (Å²) in [4.78, 5) is 4.53. The third kappa shape index (κ3) is 5.09. The summed E-state index contributed by atoms with van der Waals surface area (Å²) >= 11 is 3.28. The molecule has 0 atom stereocenters. The molecule has 3 aromatic rings. The quantitative estimate of drug-likeness (QED) is 0.466. The van der Waals surface area contributed by atoms with E-state index in [4.69, 9.17) is 0 Å². The Kier molecular flexibility index (Phi) is 5.81. The highest BCUT2D eigenvalue weighted by molar-refractivity contribution is 7.98. The Hall–Kier alpha value is -1.79. The van der Waals surface area contributed by atoms with Crippen molar-refractivity contribution in [3.05, 3.63) is 76.8 Å². The molecule has 6 heteroatoms. The van der Waals surface area contributed by atoms with Crippen LogP contribution in [0.4, 0.5) is 13.2 Å². The maximum absolute atomic E-state index is 12.6. The van der Waals surface area contributed by atoms with Gasteiger partial charge in [0.25, 0.3) is 0 Å². The standard InChI is InChI=1S/C19H16F3NS2/c20-19(21,22)16-8-6-15(7-9-16)18-23-17(13-25-18)12-24-11-10-14-4-2-1-3-5-14/h1-9,13H,10-12H2. The van der Waals surface area contributed by atoms with E-state index in [0.717, 1.165) is 46.3 Å². The van der Waals surface area contributed by atoms with Crippen molar-refractivity contribution >= 4 is 23.1 Å². The van der Waals surface area contributed by atoms with Gasteiger partial charge in [0.2, 0.25) is 0 Å². The summed E-state index contributed by atoms with van der Waals surface area (Å²) in [6, 6.07) is 15.5. The second-order valence-electron chi connectivity index (χ2n) is 5.51. The highest BCUT2D eigenvalue weighted by Gasteiger charge is 2.30. The molecule has 0 amide bonds. The Morgan fingerprint density at radius 3 is 2.36 bits per heavy atom. The summed E-state index contributed by atoms with van der Waals surface area (Å²) < 4.78 is 37.8. The molecule has 0 saturated heterocycles. The van der Waals surface area contributed by atoms with Crippen molar-refractivity contribution in [3.8, 4) is 10.6 Å². The van der Waals surface area contributed by atoms with Gasteiger partial charge in [-0.15, -0.1) is 11.3 Å². The second kappa shape index (κ2) is 8.06. The minimum absolute atomic E-state index is 0.635. The molecule has 0 bridgehead atoms. The average molecular weight is 379 g/mol. The van der Waals surface area contributed by atoms with Crippen molar-refractivity contribution in [1.29, 1.82) is 0 Å². The van der Waals surface area contributed by atoms with E-state index in [9.17, 15) is 13.2 Å². The van der Waals surface area contributed by atoms with Gasteiger partial charge in [0.1, 0.15) is 5.01 Å². The van der Waals surface area contributed by atoms with Crippen LogP contribution in [-0.4, -0.2) is 10.7 Å². The molecule has 0 spiro atoms. The SMILES string of the molecule is FC(F)(F)c1ccc(-c2nc(CSCCc3ccccc3)cs2)cc1.